The molecule has 1 N–H and O–H groups in total. The minimum Gasteiger partial charge on any atom is -0.497 e. The molecule has 1 aliphatic carbocycles. The Kier molecular flexibility index (Phi) is 7.07. The Morgan fingerprint density at radius 2 is 1.78 bits per heavy atom. The summed E-state index contributed by atoms with van der Waals surface area (Å²) in [6, 6.07) is 14.7. The molecule has 27 heavy (non-hydrogen) atoms. The van der Waals surface area contributed by atoms with Gasteiger partial charge in [0.15, 0.2) is 0 Å². The maximum atomic E-state index is 13.0. The minimum absolute atomic E-state index is 0.171. The fraction of sp³-hybridized carbons (Fsp3) is 0.455. The van der Waals surface area contributed by atoms with Crippen molar-refractivity contribution in [3.8, 4) is 11.5 Å². The maximum absolute atomic E-state index is 13.0. The zero-order valence-corrected chi connectivity index (χ0v) is 15.8. The number of hydrogen-bond acceptors (Lipinski definition) is 4. The van der Waals surface area contributed by atoms with E-state index in [2.05, 4.69) is 17.0 Å². The van der Waals surface area contributed by atoms with Crippen molar-refractivity contribution in [2.24, 2.45) is 0 Å². The van der Waals surface area contributed by atoms with Crippen LogP contribution in [0.4, 0.5) is 4.39 Å². The SMILES string of the molecule is COc1cccc(CN(CCOc2ccc(F)cc2)C2CCC(O)CC2)c1. The first kappa shape index (κ1) is 19.6. The predicted molar refractivity (Wildman–Crippen MR) is 104 cm³/mol. The van der Waals surface area contributed by atoms with Crippen LogP contribution in [0.2, 0.25) is 0 Å². The highest BCUT2D eigenvalue weighted by atomic mass is 19.1. The Labute approximate surface area is 160 Å². The van der Waals surface area contributed by atoms with Crippen LogP contribution in [0.1, 0.15) is 31.2 Å². The van der Waals surface area contributed by atoms with E-state index in [1.807, 2.05) is 12.1 Å². The van der Waals surface area contributed by atoms with Gasteiger partial charge in [0, 0.05) is 19.1 Å². The van der Waals surface area contributed by atoms with Gasteiger partial charge in [-0.2, -0.15) is 0 Å². The monoisotopic (exact) mass is 373 g/mol. The summed E-state index contributed by atoms with van der Waals surface area (Å²) in [5.41, 5.74) is 1.20. The van der Waals surface area contributed by atoms with E-state index in [1.54, 1.807) is 19.2 Å². The van der Waals surface area contributed by atoms with Crippen molar-refractivity contribution in [2.45, 2.75) is 44.4 Å². The van der Waals surface area contributed by atoms with E-state index < -0.39 is 0 Å². The zero-order valence-electron chi connectivity index (χ0n) is 15.8. The third kappa shape index (κ3) is 5.94. The topological polar surface area (TPSA) is 41.9 Å². The number of aliphatic hydroxyl groups is 1. The van der Waals surface area contributed by atoms with Crippen molar-refractivity contribution in [1.82, 2.24) is 4.90 Å². The molecule has 146 valence electrons. The van der Waals surface area contributed by atoms with Crippen molar-refractivity contribution in [3.63, 3.8) is 0 Å². The molecule has 1 saturated carbocycles. The molecule has 0 spiro atoms. The standard InChI is InChI=1S/C22H28FNO3/c1-26-22-4-2-3-17(15-22)16-24(19-7-9-20(25)10-8-19)13-14-27-21-11-5-18(23)6-12-21/h2-6,11-12,15,19-20,25H,7-10,13-14,16H2,1H3. The number of hydrogen-bond donors (Lipinski definition) is 1. The zero-order chi connectivity index (χ0) is 19.1. The molecule has 0 aromatic heterocycles. The van der Waals surface area contributed by atoms with E-state index >= 15 is 0 Å². The molecule has 3 rings (SSSR count). The normalized spacial score (nSPS) is 19.9. The Balaban J connectivity index is 1.62. The molecule has 0 saturated heterocycles. The summed E-state index contributed by atoms with van der Waals surface area (Å²) in [6.07, 6.45) is 3.50. The van der Waals surface area contributed by atoms with Crippen molar-refractivity contribution in [1.29, 1.82) is 0 Å². The van der Waals surface area contributed by atoms with E-state index in [9.17, 15) is 9.50 Å². The fourth-order valence-corrected chi connectivity index (χ4v) is 3.63. The molecule has 0 heterocycles. The average molecular weight is 373 g/mol. The van der Waals surface area contributed by atoms with Crippen molar-refractivity contribution in [2.75, 3.05) is 20.3 Å². The molecule has 5 heteroatoms. The highest BCUT2D eigenvalue weighted by molar-refractivity contribution is 5.28. The van der Waals surface area contributed by atoms with E-state index in [0.717, 1.165) is 44.5 Å². The summed E-state index contributed by atoms with van der Waals surface area (Å²) >= 11 is 0. The lowest BCUT2D eigenvalue weighted by molar-refractivity contribution is 0.0632. The molecule has 1 aliphatic rings. The van der Waals surface area contributed by atoms with Crippen molar-refractivity contribution < 1.29 is 19.0 Å². The summed E-state index contributed by atoms with van der Waals surface area (Å²) in [7, 11) is 1.68. The third-order valence-corrected chi connectivity index (χ3v) is 5.16. The minimum atomic E-state index is -0.261. The van der Waals surface area contributed by atoms with Crippen LogP contribution in [0.3, 0.4) is 0 Å². The summed E-state index contributed by atoms with van der Waals surface area (Å²) < 4.78 is 24.2. The van der Waals surface area contributed by atoms with E-state index in [0.29, 0.717) is 18.4 Å². The van der Waals surface area contributed by atoms with Crippen LogP contribution >= 0.6 is 0 Å². The summed E-state index contributed by atoms with van der Waals surface area (Å²) in [4.78, 5) is 2.42. The molecular formula is C22H28FNO3. The molecule has 4 nitrogen and oxygen atoms in total. The largest absolute Gasteiger partial charge is 0.497 e. The molecule has 0 aliphatic heterocycles. The average Bonchev–Trinajstić information content (AvgIpc) is 2.69. The number of methoxy groups -OCH3 is 1. The number of rotatable bonds is 8. The second kappa shape index (κ2) is 9.72. The van der Waals surface area contributed by atoms with E-state index in [-0.39, 0.29) is 11.9 Å². The molecule has 0 unspecified atom stereocenters. The Morgan fingerprint density at radius 3 is 2.48 bits per heavy atom. The third-order valence-electron chi connectivity index (χ3n) is 5.16. The van der Waals surface area contributed by atoms with Crippen LogP contribution in [-0.2, 0) is 6.54 Å². The molecule has 2 aromatic carbocycles. The van der Waals surface area contributed by atoms with Gasteiger partial charge in [0.05, 0.1) is 13.2 Å². The highest BCUT2D eigenvalue weighted by Crippen LogP contribution is 2.25. The fourth-order valence-electron chi connectivity index (χ4n) is 3.63. The number of aliphatic hydroxyl groups excluding tert-OH is 1. The van der Waals surface area contributed by atoms with Gasteiger partial charge in [0.1, 0.15) is 23.9 Å². The Hall–Kier alpha value is -2.11. The van der Waals surface area contributed by atoms with Gasteiger partial charge in [-0.3, -0.25) is 4.90 Å². The lowest BCUT2D eigenvalue weighted by atomic mass is 9.91. The molecule has 0 atom stereocenters. The molecule has 2 aromatic rings. The number of ether oxygens (including phenoxy) is 2. The number of benzene rings is 2. The van der Waals surface area contributed by atoms with Crippen molar-refractivity contribution in [3.05, 3.63) is 59.9 Å². The van der Waals surface area contributed by atoms with Gasteiger partial charge in [-0.25, -0.2) is 4.39 Å². The van der Waals surface area contributed by atoms with Crippen LogP contribution in [0.25, 0.3) is 0 Å². The Morgan fingerprint density at radius 1 is 1.04 bits per heavy atom. The van der Waals surface area contributed by atoms with Crippen LogP contribution in [0, 0.1) is 5.82 Å². The van der Waals surface area contributed by atoms with Gasteiger partial charge in [-0.15, -0.1) is 0 Å². The molecule has 0 amide bonds. The van der Waals surface area contributed by atoms with Crippen LogP contribution in [-0.4, -0.2) is 42.4 Å². The van der Waals surface area contributed by atoms with Crippen molar-refractivity contribution >= 4 is 0 Å². The quantitative estimate of drug-likeness (QED) is 0.759. The maximum Gasteiger partial charge on any atom is 0.123 e. The van der Waals surface area contributed by atoms with Crippen LogP contribution in [0.5, 0.6) is 11.5 Å². The van der Waals surface area contributed by atoms with E-state index in [1.165, 1.54) is 17.7 Å². The number of nitrogens with zero attached hydrogens (tertiary/aromatic N) is 1. The summed E-state index contributed by atoms with van der Waals surface area (Å²) in [6.45, 7) is 2.12. The molecule has 1 fully saturated rings. The van der Waals surface area contributed by atoms with Gasteiger partial charge < -0.3 is 14.6 Å². The predicted octanol–water partition coefficient (Wildman–Crippen LogP) is 4.02. The molecule has 0 radical (unpaired) electrons. The van der Waals surface area contributed by atoms with Gasteiger partial charge in [-0.05, 0) is 67.6 Å². The van der Waals surface area contributed by atoms with Gasteiger partial charge in [0.25, 0.3) is 0 Å². The van der Waals surface area contributed by atoms with Gasteiger partial charge in [-0.1, -0.05) is 12.1 Å². The number of halogens is 1. The molecular weight excluding hydrogens is 345 g/mol. The highest BCUT2D eigenvalue weighted by Gasteiger charge is 2.25. The van der Waals surface area contributed by atoms with E-state index in [4.69, 9.17) is 9.47 Å². The second-order valence-electron chi connectivity index (χ2n) is 7.09. The molecule has 0 bridgehead atoms. The first-order valence-electron chi connectivity index (χ1n) is 9.57. The second-order valence-corrected chi connectivity index (χ2v) is 7.09. The first-order valence-corrected chi connectivity index (χ1v) is 9.57. The summed E-state index contributed by atoms with van der Waals surface area (Å²) in [5, 5.41) is 9.82. The van der Waals surface area contributed by atoms with Crippen LogP contribution in [0.15, 0.2) is 48.5 Å². The van der Waals surface area contributed by atoms with Gasteiger partial charge >= 0.3 is 0 Å². The first-order chi connectivity index (χ1) is 13.1. The smallest absolute Gasteiger partial charge is 0.123 e. The van der Waals surface area contributed by atoms with Gasteiger partial charge in [0.2, 0.25) is 0 Å². The lowest BCUT2D eigenvalue weighted by Crippen LogP contribution is -2.40. The lowest BCUT2D eigenvalue weighted by Gasteiger charge is -2.35. The summed E-state index contributed by atoms with van der Waals surface area (Å²) in [5.74, 6) is 1.27. The Bertz CT molecular complexity index is 699. The van der Waals surface area contributed by atoms with Crippen LogP contribution < -0.4 is 9.47 Å².